The van der Waals surface area contributed by atoms with Crippen LogP contribution in [-0.2, 0) is 14.8 Å². The maximum atomic E-state index is 13.9. The van der Waals surface area contributed by atoms with Crippen molar-refractivity contribution in [1.82, 2.24) is 0 Å². The number of rotatable bonds is 7. The first kappa shape index (κ1) is 24.0. The summed E-state index contributed by atoms with van der Waals surface area (Å²) in [4.78, 5) is 18.7. The molecule has 0 saturated heterocycles. The number of hydrogen-bond donors (Lipinski definition) is 1. The summed E-state index contributed by atoms with van der Waals surface area (Å²) in [6, 6.07) is 26.4. The van der Waals surface area contributed by atoms with Crippen LogP contribution in [-0.4, -0.2) is 19.6 Å². The number of amides is 1. The quantitative estimate of drug-likeness (QED) is 0.251. The van der Waals surface area contributed by atoms with E-state index in [2.05, 4.69) is 4.72 Å². The minimum absolute atomic E-state index is 0.0279. The Morgan fingerprint density at radius 1 is 0.914 bits per heavy atom. The molecule has 1 atom stereocenters. The molecule has 1 N–H and O–H groups in total. The second kappa shape index (κ2) is 10.1. The van der Waals surface area contributed by atoms with Crippen LogP contribution < -0.4 is 9.62 Å². The van der Waals surface area contributed by atoms with Crippen molar-refractivity contribution >= 4 is 67.9 Å². The third-order valence-corrected chi connectivity index (χ3v) is 10.7. The minimum atomic E-state index is -3.60. The van der Waals surface area contributed by atoms with Gasteiger partial charge < -0.3 is 0 Å². The van der Waals surface area contributed by atoms with Crippen LogP contribution in [0.15, 0.2) is 109 Å². The molecule has 35 heavy (non-hydrogen) atoms. The van der Waals surface area contributed by atoms with E-state index in [0.717, 1.165) is 26.1 Å². The number of carbonyl (C=O) groups excluding carboxylic acids is 1. The summed E-state index contributed by atoms with van der Waals surface area (Å²) >= 11 is 4.34. The molecule has 5 nitrogen and oxygen atoms in total. The average Bonchev–Trinajstić information content (AvgIpc) is 3.42. The summed E-state index contributed by atoms with van der Waals surface area (Å²) in [5.41, 5.74) is 2.29. The molecule has 1 aliphatic rings. The summed E-state index contributed by atoms with van der Waals surface area (Å²) in [6.07, 6.45) is 0.657. The van der Waals surface area contributed by atoms with Crippen molar-refractivity contribution in [2.45, 2.75) is 37.5 Å². The molecular formula is C26H22N2O3S4. The third kappa shape index (κ3) is 4.99. The number of anilines is 3. The van der Waals surface area contributed by atoms with Gasteiger partial charge in [0.25, 0.3) is 10.0 Å². The zero-order valence-electron chi connectivity index (χ0n) is 18.7. The first-order chi connectivity index (χ1) is 17.0. The Morgan fingerprint density at radius 2 is 1.54 bits per heavy atom. The molecule has 0 saturated carbocycles. The zero-order chi connectivity index (χ0) is 24.4. The molecule has 1 amide bonds. The lowest BCUT2D eigenvalue weighted by atomic mass is 10.2. The molecule has 1 unspecified atom stereocenters. The maximum absolute atomic E-state index is 13.9. The maximum Gasteiger partial charge on any atom is 0.271 e. The summed E-state index contributed by atoms with van der Waals surface area (Å²) in [5.74, 6) is 0.0279. The first-order valence-corrected chi connectivity index (χ1v) is 15.0. The number of thioether (sulfide) groups is 1. The summed E-state index contributed by atoms with van der Waals surface area (Å²) < 4.78 is 27.8. The average molecular weight is 539 g/mol. The van der Waals surface area contributed by atoms with Gasteiger partial charge in [-0.15, -0.1) is 23.1 Å². The minimum Gasteiger partial charge on any atom is -0.279 e. The Balaban J connectivity index is 1.36. The van der Waals surface area contributed by atoms with Crippen molar-refractivity contribution in [2.75, 3.05) is 9.62 Å². The predicted octanol–water partition coefficient (Wildman–Crippen LogP) is 7.25. The molecule has 1 aromatic heterocycles. The van der Waals surface area contributed by atoms with Crippen LogP contribution in [0.2, 0.25) is 0 Å². The smallest absolute Gasteiger partial charge is 0.271 e. The number of hydrogen-bond acceptors (Lipinski definition) is 6. The molecule has 1 aliphatic heterocycles. The number of benzene rings is 3. The van der Waals surface area contributed by atoms with Crippen molar-refractivity contribution in [1.29, 1.82) is 0 Å². The van der Waals surface area contributed by atoms with Gasteiger partial charge >= 0.3 is 0 Å². The zero-order valence-corrected chi connectivity index (χ0v) is 22.0. The van der Waals surface area contributed by atoms with E-state index >= 15 is 0 Å². The first-order valence-electron chi connectivity index (χ1n) is 11.0. The van der Waals surface area contributed by atoms with Crippen LogP contribution in [0.25, 0.3) is 0 Å². The number of nitrogens with zero attached hydrogens (tertiary/aromatic N) is 1. The summed E-state index contributed by atoms with van der Waals surface area (Å²) in [5, 5.41) is 1.43. The van der Waals surface area contributed by atoms with Gasteiger partial charge in [-0.2, -0.15) is 0 Å². The fourth-order valence-corrected chi connectivity index (χ4v) is 7.89. The van der Waals surface area contributed by atoms with Crippen LogP contribution in [0, 0.1) is 0 Å². The monoisotopic (exact) mass is 538 g/mol. The number of fused-ring (bicyclic) bond motifs is 2. The Kier molecular flexibility index (Phi) is 6.93. The van der Waals surface area contributed by atoms with Crippen molar-refractivity contribution in [3.8, 4) is 0 Å². The number of nitrogens with one attached hydrogen (secondary N) is 1. The van der Waals surface area contributed by atoms with Crippen LogP contribution in [0.3, 0.4) is 0 Å². The third-order valence-electron chi connectivity index (χ3n) is 5.44. The lowest BCUT2D eigenvalue weighted by Gasteiger charge is -2.33. The fourth-order valence-electron chi connectivity index (χ4n) is 3.78. The summed E-state index contributed by atoms with van der Waals surface area (Å²) in [6.45, 7) is 2.01. The number of para-hydroxylation sites is 2. The van der Waals surface area contributed by atoms with Gasteiger partial charge in [0.15, 0.2) is 0 Å². The van der Waals surface area contributed by atoms with Crippen molar-refractivity contribution < 1.29 is 13.2 Å². The van der Waals surface area contributed by atoms with Crippen LogP contribution in [0.5, 0.6) is 0 Å². The Morgan fingerprint density at radius 3 is 2.11 bits per heavy atom. The molecule has 2 heterocycles. The highest BCUT2D eigenvalue weighted by molar-refractivity contribution is 8.00. The SMILES string of the molecule is CCC(Sc1ccc(NS(=O)(=O)c2cccs2)cc1)C(=O)N1c2ccccc2Sc2ccccc21. The van der Waals surface area contributed by atoms with Crippen molar-refractivity contribution in [3.05, 3.63) is 90.3 Å². The van der Waals surface area contributed by atoms with E-state index in [4.69, 9.17) is 0 Å². The van der Waals surface area contributed by atoms with Gasteiger partial charge in [-0.3, -0.25) is 14.4 Å². The van der Waals surface area contributed by atoms with E-state index < -0.39 is 10.0 Å². The van der Waals surface area contributed by atoms with E-state index in [1.807, 2.05) is 72.5 Å². The molecular weight excluding hydrogens is 517 g/mol. The number of thiophene rings is 1. The Bertz CT molecular complexity index is 1410. The Hall–Kier alpha value is -2.72. The van der Waals surface area contributed by atoms with Crippen LogP contribution in [0.1, 0.15) is 13.3 Å². The second-order valence-corrected chi connectivity index (χ2v) is 13.0. The fraction of sp³-hybridized carbons (Fsp3) is 0.115. The number of sulfonamides is 1. The molecule has 0 radical (unpaired) electrons. The molecule has 0 bridgehead atoms. The highest BCUT2D eigenvalue weighted by atomic mass is 32.2. The normalized spacial score (nSPS) is 13.6. The van der Waals surface area contributed by atoms with Gasteiger partial charge in [0.1, 0.15) is 4.21 Å². The van der Waals surface area contributed by atoms with Gasteiger partial charge in [-0.1, -0.05) is 49.0 Å². The van der Waals surface area contributed by atoms with Gasteiger partial charge in [0.05, 0.1) is 16.6 Å². The Labute approximate surface area is 217 Å². The van der Waals surface area contributed by atoms with E-state index in [-0.39, 0.29) is 15.4 Å². The molecule has 0 aliphatic carbocycles. The topological polar surface area (TPSA) is 66.5 Å². The van der Waals surface area contributed by atoms with E-state index in [1.165, 1.54) is 23.1 Å². The van der Waals surface area contributed by atoms with E-state index in [0.29, 0.717) is 12.1 Å². The van der Waals surface area contributed by atoms with Gasteiger partial charge in [-0.25, -0.2) is 8.42 Å². The van der Waals surface area contributed by atoms with Crippen molar-refractivity contribution in [2.24, 2.45) is 0 Å². The molecule has 9 heteroatoms. The highest BCUT2D eigenvalue weighted by Crippen LogP contribution is 2.48. The highest BCUT2D eigenvalue weighted by Gasteiger charge is 2.32. The van der Waals surface area contributed by atoms with Gasteiger partial charge in [-0.05, 0) is 66.4 Å². The molecule has 5 rings (SSSR count). The molecule has 0 spiro atoms. The van der Waals surface area contributed by atoms with E-state index in [9.17, 15) is 13.2 Å². The van der Waals surface area contributed by atoms with E-state index in [1.54, 1.807) is 41.4 Å². The van der Waals surface area contributed by atoms with Gasteiger partial charge in [0.2, 0.25) is 5.91 Å². The van der Waals surface area contributed by atoms with Crippen LogP contribution in [0.4, 0.5) is 17.1 Å². The largest absolute Gasteiger partial charge is 0.279 e. The number of carbonyl (C=O) groups is 1. The lowest BCUT2D eigenvalue weighted by molar-refractivity contribution is -0.117. The van der Waals surface area contributed by atoms with Gasteiger partial charge in [0, 0.05) is 20.4 Å². The predicted molar refractivity (Wildman–Crippen MR) is 146 cm³/mol. The standard InChI is InChI=1S/C26H22N2O3S4/c1-2-22(33-19-15-13-18(14-16-19)27-35(30,31)25-12-7-17-32-25)26(29)28-20-8-3-5-10-23(20)34-24-11-6-4-9-21(24)28/h3-17,22,27H,2H2,1H3. The molecule has 178 valence electrons. The lowest BCUT2D eigenvalue weighted by Crippen LogP contribution is -2.35. The second-order valence-electron chi connectivity index (χ2n) is 7.79. The molecule has 4 aromatic rings. The molecule has 3 aromatic carbocycles. The van der Waals surface area contributed by atoms with Crippen LogP contribution >= 0.6 is 34.9 Å². The molecule has 0 fully saturated rings. The summed E-state index contributed by atoms with van der Waals surface area (Å²) in [7, 11) is -3.60. The van der Waals surface area contributed by atoms with Crippen molar-refractivity contribution in [3.63, 3.8) is 0 Å².